The van der Waals surface area contributed by atoms with Crippen LogP contribution in [0.2, 0.25) is 0 Å². The number of benzene rings is 1. The first-order valence-corrected chi connectivity index (χ1v) is 12.8. The van der Waals surface area contributed by atoms with Crippen LogP contribution >= 0.6 is 0 Å². The third-order valence-electron chi connectivity index (χ3n) is 7.89. The molecule has 2 aliphatic carbocycles. The van der Waals surface area contributed by atoms with Crippen LogP contribution < -0.4 is 15.5 Å². The highest BCUT2D eigenvalue weighted by atomic mass is 16.5. The summed E-state index contributed by atoms with van der Waals surface area (Å²) in [5.74, 6) is 2.59. The maximum atomic E-state index is 13.2. The van der Waals surface area contributed by atoms with E-state index >= 15 is 0 Å². The lowest BCUT2D eigenvalue weighted by atomic mass is 9.95. The SMILES string of the molecule is COCC1C2CC2CN1c1ncc(C(=O)NC2CCCCC2)c(NCc2ccc(C)c(C)c2)n1. The predicted octanol–water partition coefficient (Wildman–Crippen LogP) is 4.24. The van der Waals surface area contributed by atoms with Crippen molar-refractivity contribution in [3.63, 3.8) is 0 Å². The van der Waals surface area contributed by atoms with Gasteiger partial charge in [0.1, 0.15) is 11.4 Å². The molecular weight excluding hydrogens is 426 g/mol. The molecule has 2 heterocycles. The van der Waals surface area contributed by atoms with Crippen LogP contribution in [0.4, 0.5) is 11.8 Å². The van der Waals surface area contributed by atoms with E-state index in [9.17, 15) is 4.79 Å². The maximum absolute atomic E-state index is 13.2. The number of aromatic nitrogens is 2. The van der Waals surface area contributed by atoms with E-state index in [0.29, 0.717) is 48.4 Å². The number of nitrogens with zero attached hydrogens (tertiary/aromatic N) is 3. The number of rotatable bonds is 8. The first kappa shape index (κ1) is 23.1. The molecule has 1 aromatic carbocycles. The maximum Gasteiger partial charge on any atom is 0.256 e. The summed E-state index contributed by atoms with van der Waals surface area (Å²) in [5, 5.41) is 6.69. The quantitative estimate of drug-likeness (QED) is 0.610. The van der Waals surface area contributed by atoms with Gasteiger partial charge in [-0.25, -0.2) is 4.98 Å². The van der Waals surface area contributed by atoms with Gasteiger partial charge in [0, 0.05) is 32.4 Å². The number of carbonyl (C=O) groups excluding carboxylic acids is 1. The number of amides is 1. The first-order chi connectivity index (χ1) is 16.5. The van der Waals surface area contributed by atoms with E-state index in [1.165, 1.54) is 42.4 Å². The minimum absolute atomic E-state index is 0.0845. The molecule has 2 saturated carbocycles. The molecule has 1 saturated heterocycles. The summed E-state index contributed by atoms with van der Waals surface area (Å²) in [6.45, 7) is 6.49. The second-order valence-corrected chi connectivity index (χ2v) is 10.3. The Balaban J connectivity index is 1.39. The van der Waals surface area contributed by atoms with Gasteiger partial charge in [0.25, 0.3) is 5.91 Å². The topological polar surface area (TPSA) is 79.4 Å². The highest BCUT2D eigenvalue weighted by Crippen LogP contribution is 2.50. The third-order valence-corrected chi connectivity index (χ3v) is 7.89. The van der Waals surface area contributed by atoms with Crippen molar-refractivity contribution in [2.75, 3.05) is 30.5 Å². The molecule has 0 radical (unpaired) electrons. The molecule has 0 bridgehead atoms. The molecule has 5 rings (SSSR count). The zero-order valence-electron chi connectivity index (χ0n) is 20.6. The van der Waals surface area contributed by atoms with Gasteiger partial charge >= 0.3 is 0 Å². The van der Waals surface area contributed by atoms with E-state index in [0.717, 1.165) is 19.4 Å². The van der Waals surface area contributed by atoms with Gasteiger partial charge in [0.15, 0.2) is 0 Å². The van der Waals surface area contributed by atoms with Crippen LogP contribution in [0, 0.1) is 25.7 Å². The molecule has 7 heteroatoms. The summed E-state index contributed by atoms with van der Waals surface area (Å²) in [6.07, 6.45) is 8.68. The zero-order chi connectivity index (χ0) is 23.7. The van der Waals surface area contributed by atoms with Crippen molar-refractivity contribution in [3.8, 4) is 0 Å². The Morgan fingerprint density at radius 3 is 2.76 bits per heavy atom. The van der Waals surface area contributed by atoms with Gasteiger partial charge in [-0.2, -0.15) is 4.98 Å². The monoisotopic (exact) mass is 463 g/mol. The van der Waals surface area contributed by atoms with Gasteiger partial charge in [0.2, 0.25) is 5.95 Å². The smallest absolute Gasteiger partial charge is 0.256 e. The van der Waals surface area contributed by atoms with Gasteiger partial charge in [-0.1, -0.05) is 37.5 Å². The number of hydrogen-bond donors (Lipinski definition) is 2. The highest BCUT2D eigenvalue weighted by Gasteiger charge is 2.53. The number of piperidine rings is 1. The van der Waals surface area contributed by atoms with Gasteiger partial charge in [-0.3, -0.25) is 4.79 Å². The fraction of sp³-hybridized carbons (Fsp3) is 0.593. The fourth-order valence-electron chi connectivity index (χ4n) is 5.61. The van der Waals surface area contributed by atoms with Gasteiger partial charge in [-0.15, -0.1) is 0 Å². The lowest BCUT2D eigenvalue weighted by Gasteiger charge is -2.28. The average molecular weight is 464 g/mol. The molecule has 3 atom stereocenters. The lowest BCUT2D eigenvalue weighted by Crippen LogP contribution is -2.39. The van der Waals surface area contributed by atoms with Crippen molar-refractivity contribution in [2.45, 2.75) is 71.0 Å². The molecule has 3 aliphatic rings. The van der Waals surface area contributed by atoms with Crippen LogP contribution in [-0.4, -0.2) is 48.2 Å². The highest BCUT2D eigenvalue weighted by molar-refractivity contribution is 5.98. The largest absolute Gasteiger partial charge is 0.383 e. The molecule has 34 heavy (non-hydrogen) atoms. The summed E-state index contributed by atoms with van der Waals surface area (Å²) in [7, 11) is 1.75. The molecular formula is C27H37N5O2. The predicted molar refractivity (Wildman–Crippen MR) is 134 cm³/mol. The number of ether oxygens (including phenoxy) is 1. The lowest BCUT2D eigenvalue weighted by molar-refractivity contribution is 0.0928. The van der Waals surface area contributed by atoms with Crippen molar-refractivity contribution in [2.24, 2.45) is 11.8 Å². The number of methoxy groups -OCH3 is 1. The van der Waals surface area contributed by atoms with Crippen molar-refractivity contribution in [3.05, 3.63) is 46.6 Å². The summed E-state index contributed by atoms with van der Waals surface area (Å²) in [4.78, 5) is 25.1. The van der Waals surface area contributed by atoms with E-state index < -0.39 is 0 Å². The minimum Gasteiger partial charge on any atom is -0.383 e. The van der Waals surface area contributed by atoms with Crippen LogP contribution in [-0.2, 0) is 11.3 Å². The second kappa shape index (κ2) is 9.90. The molecule has 1 aliphatic heterocycles. The summed E-state index contributed by atoms with van der Waals surface area (Å²) in [6, 6.07) is 7.01. The molecule has 2 N–H and O–H groups in total. The number of anilines is 2. The van der Waals surface area contributed by atoms with Crippen LogP contribution in [0.1, 0.15) is 65.6 Å². The van der Waals surface area contributed by atoms with Crippen LogP contribution in [0.15, 0.2) is 24.4 Å². The van der Waals surface area contributed by atoms with E-state index in [1.807, 2.05) is 0 Å². The number of aryl methyl sites for hydroxylation is 2. The zero-order valence-corrected chi connectivity index (χ0v) is 20.6. The Bertz CT molecular complexity index is 1040. The Morgan fingerprint density at radius 1 is 1.18 bits per heavy atom. The van der Waals surface area contributed by atoms with E-state index in [4.69, 9.17) is 9.72 Å². The Morgan fingerprint density at radius 2 is 2.00 bits per heavy atom. The third kappa shape index (κ3) is 4.90. The normalized spacial score (nSPS) is 24.1. The van der Waals surface area contributed by atoms with Crippen molar-refractivity contribution < 1.29 is 9.53 Å². The van der Waals surface area contributed by atoms with Crippen LogP contribution in [0.25, 0.3) is 0 Å². The molecule has 0 spiro atoms. The number of carbonyl (C=O) groups is 1. The molecule has 7 nitrogen and oxygen atoms in total. The van der Waals surface area contributed by atoms with Crippen molar-refractivity contribution in [1.29, 1.82) is 0 Å². The summed E-state index contributed by atoms with van der Waals surface area (Å²) < 4.78 is 5.50. The van der Waals surface area contributed by atoms with Crippen LogP contribution in [0.5, 0.6) is 0 Å². The average Bonchev–Trinajstić information content (AvgIpc) is 3.53. The summed E-state index contributed by atoms with van der Waals surface area (Å²) in [5.41, 5.74) is 4.22. The van der Waals surface area contributed by atoms with Gasteiger partial charge in [-0.05, 0) is 61.6 Å². The van der Waals surface area contributed by atoms with Crippen molar-refractivity contribution >= 4 is 17.7 Å². The molecule has 3 unspecified atom stereocenters. The second-order valence-electron chi connectivity index (χ2n) is 10.3. The Hall–Kier alpha value is -2.67. The van der Waals surface area contributed by atoms with E-state index in [-0.39, 0.29) is 11.9 Å². The summed E-state index contributed by atoms with van der Waals surface area (Å²) >= 11 is 0. The van der Waals surface area contributed by atoms with E-state index in [2.05, 4.69) is 52.6 Å². The van der Waals surface area contributed by atoms with Gasteiger partial charge < -0.3 is 20.3 Å². The molecule has 1 aromatic heterocycles. The van der Waals surface area contributed by atoms with Crippen LogP contribution in [0.3, 0.4) is 0 Å². The Labute approximate surface area is 202 Å². The van der Waals surface area contributed by atoms with E-state index in [1.54, 1.807) is 13.3 Å². The molecule has 182 valence electrons. The fourth-order valence-corrected chi connectivity index (χ4v) is 5.61. The Kier molecular flexibility index (Phi) is 6.73. The van der Waals surface area contributed by atoms with Gasteiger partial charge in [0.05, 0.1) is 12.6 Å². The first-order valence-electron chi connectivity index (χ1n) is 12.8. The molecule has 3 fully saturated rings. The number of nitrogens with one attached hydrogen (secondary N) is 2. The number of fused-ring (bicyclic) bond motifs is 1. The standard InChI is InChI=1S/C27H37N5O2/c1-17-9-10-19(11-18(17)2)13-28-25-23(26(33)30-21-7-5-4-6-8-21)14-29-27(31-25)32-15-20-12-22(20)24(32)16-34-3/h9-11,14,20-22,24H,4-8,12-13,15-16H2,1-3H3,(H,30,33)(H,28,29,31). The minimum atomic E-state index is -0.0845. The number of hydrogen-bond acceptors (Lipinski definition) is 6. The van der Waals surface area contributed by atoms with Crippen molar-refractivity contribution in [1.82, 2.24) is 15.3 Å². The molecule has 1 amide bonds. The molecule has 2 aromatic rings.